The second kappa shape index (κ2) is 9.86. The van der Waals surface area contributed by atoms with E-state index in [0.717, 1.165) is 0 Å². The maximum absolute atomic E-state index is 12.8. The number of ether oxygens (including phenoxy) is 2. The largest absolute Gasteiger partial charge is 0.468 e. The molecule has 30 heavy (non-hydrogen) atoms. The van der Waals surface area contributed by atoms with Crippen LogP contribution in [0.5, 0.6) is 5.75 Å². The highest BCUT2D eigenvalue weighted by atomic mass is 35.5. The van der Waals surface area contributed by atoms with Crippen molar-refractivity contribution in [2.75, 3.05) is 33.3 Å². The van der Waals surface area contributed by atoms with Gasteiger partial charge in [-0.1, -0.05) is 35.9 Å². The number of nitrogens with zero attached hydrogens (tertiary/aromatic N) is 2. The SMILES string of the molecule is COC(=O)C(c1ccccc1Cl)N1CCN(C(=O)c2cccc(OC(F)F)c2)CC1. The third-order valence-electron chi connectivity index (χ3n) is 4.90. The monoisotopic (exact) mass is 438 g/mol. The molecule has 1 amide bonds. The molecule has 1 fully saturated rings. The predicted octanol–water partition coefficient (Wildman–Crippen LogP) is 3.61. The van der Waals surface area contributed by atoms with Crippen molar-refractivity contribution < 1.29 is 27.8 Å². The van der Waals surface area contributed by atoms with E-state index in [2.05, 4.69) is 4.74 Å². The first-order valence-corrected chi connectivity index (χ1v) is 9.69. The van der Waals surface area contributed by atoms with E-state index in [9.17, 15) is 18.4 Å². The van der Waals surface area contributed by atoms with Crippen molar-refractivity contribution in [1.29, 1.82) is 0 Å². The van der Waals surface area contributed by atoms with Gasteiger partial charge in [-0.15, -0.1) is 0 Å². The Bertz CT molecular complexity index is 904. The fraction of sp³-hybridized carbons (Fsp3) is 0.333. The summed E-state index contributed by atoms with van der Waals surface area (Å²) in [6.45, 7) is -1.40. The topological polar surface area (TPSA) is 59.1 Å². The number of carbonyl (C=O) groups is 2. The van der Waals surface area contributed by atoms with Crippen molar-refractivity contribution >= 4 is 23.5 Å². The third kappa shape index (κ3) is 5.06. The maximum Gasteiger partial charge on any atom is 0.387 e. The number of carbonyl (C=O) groups excluding carboxylic acids is 2. The number of piperazine rings is 1. The summed E-state index contributed by atoms with van der Waals surface area (Å²) < 4.78 is 34.2. The lowest BCUT2D eigenvalue weighted by Crippen LogP contribution is -2.51. The number of hydrogen-bond acceptors (Lipinski definition) is 5. The van der Waals surface area contributed by atoms with Crippen LogP contribution >= 0.6 is 11.6 Å². The molecule has 1 heterocycles. The number of halogens is 3. The van der Waals surface area contributed by atoms with Crippen LogP contribution in [0.2, 0.25) is 5.02 Å². The molecule has 0 bridgehead atoms. The number of amides is 1. The van der Waals surface area contributed by atoms with E-state index in [-0.39, 0.29) is 17.2 Å². The third-order valence-corrected chi connectivity index (χ3v) is 5.24. The summed E-state index contributed by atoms with van der Waals surface area (Å²) in [4.78, 5) is 28.7. The summed E-state index contributed by atoms with van der Waals surface area (Å²) in [6, 6.07) is 12.1. The Morgan fingerprint density at radius 3 is 2.37 bits per heavy atom. The number of rotatable bonds is 6. The molecule has 0 N–H and O–H groups in total. The summed E-state index contributed by atoms with van der Waals surface area (Å²) in [6.07, 6.45) is 0. The number of benzene rings is 2. The fourth-order valence-corrected chi connectivity index (χ4v) is 3.69. The van der Waals surface area contributed by atoms with Crippen molar-refractivity contribution in [3.63, 3.8) is 0 Å². The molecule has 0 saturated carbocycles. The van der Waals surface area contributed by atoms with Gasteiger partial charge in [0.2, 0.25) is 0 Å². The second-order valence-electron chi connectivity index (χ2n) is 6.68. The van der Waals surface area contributed by atoms with Crippen LogP contribution in [0.25, 0.3) is 0 Å². The Hall–Kier alpha value is -2.71. The number of esters is 1. The summed E-state index contributed by atoms with van der Waals surface area (Å²) in [5, 5.41) is 0.460. The van der Waals surface area contributed by atoms with Gasteiger partial charge in [0.05, 0.1) is 7.11 Å². The van der Waals surface area contributed by atoms with Gasteiger partial charge in [-0.05, 0) is 29.8 Å². The Labute approximate surface area is 177 Å². The zero-order valence-electron chi connectivity index (χ0n) is 16.3. The molecule has 0 radical (unpaired) electrons. The summed E-state index contributed by atoms with van der Waals surface area (Å²) in [5.74, 6) is -0.791. The highest BCUT2D eigenvalue weighted by Crippen LogP contribution is 2.29. The molecule has 9 heteroatoms. The molecule has 6 nitrogen and oxygen atoms in total. The standard InChI is InChI=1S/C21H21ClF2N2O4/c1-29-20(28)18(16-7-2-3-8-17(16)22)25-9-11-26(12-10-25)19(27)14-5-4-6-15(13-14)30-21(23)24/h2-8,13,18,21H,9-12H2,1H3. The zero-order valence-corrected chi connectivity index (χ0v) is 17.0. The minimum atomic E-state index is -2.96. The van der Waals surface area contributed by atoms with E-state index in [1.807, 2.05) is 4.90 Å². The fourth-order valence-electron chi connectivity index (χ4n) is 3.45. The van der Waals surface area contributed by atoms with Gasteiger partial charge in [0.1, 0.15) is 11.8 Å². The van der Waals surface area contributed by atoms with Gasteiger partial charge in [-0.25, -0.2) is 4.79 Å². The molecule has 1 atom stereocenters. The summed E-state index contributed by atoms with van der Waals surface area (Å²) in [5.41, 5.74) is 0.903. The highest BCUT2D eigenvalue weighted by molar-refractivity contribution is 6.31. The van der Waals surface area contributed by atoms with Crippen molar-refractivity contribution in [3.05, 3.63) is 64.7 Å². The first-order chi connectivity index (χ1) is 14.4. The molecule has 1 aliphatic rings. The van der Waals surface area contributed by atoms with E-state index in [1.165, 1.54) is 25.3 Å². The van der Waals surface area contributed by atoms with Gasteiger partial charge in [0, 0.05) is 36.8 Å². The van der Waals surface area contributed by atoms with E-state index >= 15 is 0 Å². The van der Waals surface area contributed by atoms with Crippen LogP contribution in [-0.4, -0.2) is 61.6 Å². The smallest absolute Gasteiger partial charge is 0.387 e. The van der Waals surface area contributed by atoms with Gasteiger partial charge in [-0.3, -0.25) is 9.69 Å². The Morgan fingerprint density at radius 2 is 1.73 bits per heavy atom. The lowest BCUT2D eigenvalue weighted by molar-refractivity contribution is -0.148. The van der Waals surface area contributed by atoms with Crippen LogP contribution in [0.4, 0.5) is 8.78 Å². The van der Waals surface area contributed by atoms with Gasteiger partial charge in [0.15, 0.2) is 0 Å². The molecule has 1 unspecified atom stereocenters. The summed E-state index contributed by atoms with van der Waals surface area (Å²) in [7, 11) is 1.32. The summed E-state index contributed by atoms with van der Waals surface area (Å²) >= 11 is 6.28. The van der Waals surface area contributed by atoms with Crippen LogP contribution in [0.3, 0.4) is 0 Å². The zero-order chi connectivity index (χ0) is 21.7. The Kier molecular flexibility index (Phi) is 7.23. The van der Waals surface area contributed by atoms with E-state index in [4.69, 9.17) is 16.3 Å². The van der Waals surface area contributed by atoms with Gasteiger partial charge >= 0.3 is 12.6 Å². The van der Waals surface area contributed by atoms with E-state index in [0.29, 0.717) is 36.8 Å². The molecular formula is C21H21ClF2N2O4. The molecule has 160 valence electrons. The number of hydrogen-bond donors (Lipinski definition) is 0. The quantitative estimate of drug-likeness (QED) is 0.645. The lowest BCUT2D eigenvalue weighted by atomic mass is 10.0. The molecule has 0 spiro atoms. The molecule has 2 aromatic carbocycles. The first kappa shape index (κ1) is 22.0. The molecule has 3 rings (SSSR count). The van der Waals surface area contributed by atoms with E-state index < -0.39 is 18.6 Å². The minimum Gasteiger partial charge on any atom is -0.468 e. The average Bonchev–Trinajstić information content (AvgIpc) is 2.75. The van der Waals surface area contributed by atoms with Crippen LogP contribution in [0.1, 0.15) is 22.0 Å². The van der Waals surface area contributed by atoms with Crippen LogP contribution in [0.15, 0.2) is 48.5 Å². The Balaban J connectivity index is 1.71. The van der Waals surface area contributed by atoms with Crippen LogP contribution in [-0.2, 0) is 9.53 Å². The van der Waals surface area contributed by atoms with Gasteiger partial charge in [-0.2, -0.15) is 8.78 Å². The highest BCUT2D eigenvalue weighted by Gasteiger charge is 2.33. The maximum atomic E-state index is 12.8. The first-order valence-electron chi connectivity index (χ1n) is 9.31. The normalized spacial score (nSPS) is 15.7. The van der Waals surface area contributed by atoms with Crippen molar-refractivity contribution in [1.82, 2.24) is 9.80 Å². The number of alkyl halides is 2. The molecule has 0 aliphatic carbocycles. The van der Waals surface area contributed by atoms with Crippen molar-refractivity contribution in [3.8, 4) is 5.75 Å². The van der Waals surface area contributed by atoms with Crippen molar-refractivity contribution in [2.24, 2.45) is 0 Å². The Morgan fingerprint density at radius 1 is 1.03 bits per heavy atom. The molecule has 1 aliphatic heterocycles. The molecule has 2 aromatic rings. The van der Waals surface area contributed by atoms with Crippen LogP contribution in [0, 0.1) is 0 Å². The molecule has 0 aromatic heterocycles. The number of methoxy groups -OCH3 is 1. The lowest BCUT2D eigenvalue weighted by Gasteiger charge is -2.38. The predicted molar refractivity (Wildman–Crippen MR) is 107 cm³/mol. The van der Waals surface area contributed by atoms with E-state index in [1.54, 1.807) is 35.2 Å². The molecular weight excluding hydrogens is 418 g/mol. The van der Waals surface area contributed by atoms with Crippen molar-refractivity contribution in [2.45, 2.75) is 12.7 Å². The average molecular weight is 439 g/mol. The second-order valence-corrected chi connectivity index (χ2v) is 7.09. The van der Waals surface area contributed by atoms with Gasteiger partial charge in [0.25, 0.3) is 5.91 Å². The van der Waals surface area contributed by atoms with Crippen LogP contribution < -0.4 is 4.74 Å². The molecule has 1 saturated heterocycles. The van der Waals surface area contributed by atoms with Gasteiger partial charge < -0.3 is 14.4 Å². The minimum absolute atomic E-state index is 0.0704.